The number of nitrogens with zero attached hydrogens (tertiary/aromatic N) is 3. The highest BCUT2D eigenvalue weighted by Gasteiger charge is 2.20. The predicted octanol–water partition coefficient (Wildman–Crippen LogP) is 1.68. The van der Waals surface area contributed by atoms with Crippen molar-refractivity contribution >= 4 is 28.2 Å². The molecule has 0 aromatic carbocycles. The molecule has 2 N–H and O–H groups in total. The van der Waals surface area contributed by atoms with Gasteiger partial charge >= 0.3 is 0 Å². The van der Waals surface area contributed by atoms with Crippen molar-refractivity contribution < 1.29 is 9.53 Å². The van der Waals surface area contributed by atoms with Crippen molar-refractivity contribution in [1.82, 2.24) is 9.88 Å². The highest BCUT2D eigenvalue weighted by atomic mass is 32.1. The minimum atomic E-state index is -0.108. The molecule has 1 aromatic heterocycles. The molecule has 0 unspecified atom stereocenters. The lowest BCUT2D eigenvalue weighted by Crippen LogP contribution is -2.30. The number of rotatable bonds is 7. The molecule has 0 fully saturated rings. The Kier molecular flexibility index (Phi) is 6.22. The second-order valence-corrected chi connectivity index (χ2v) is 5.85. The van der Waals surface area contributed by atoms with Gasteiger partial charge in [0.2, 0.25) is 0 Å². The van der Waals surface area contributed by atoms with Crippen molar-refractivity contribution in [2.75, 3.05) is 44.4 Å². The molecule has 1 rings (SSSR count). The molecule has 7 heteroatoms. The molecule has 0 saturated heterocycles. The van der Waals surface area contributed by atoms with Crippen LogP contribution in [0.25, 0.3) is 0 Å². The maximum absolute atomic E-state index is 12.3. The Labute approximate surface area is 124 Å². The first-order valence-electron chi connectivity index (χ1n) is 6.71. The van der Waals surface area contributed by atoms with Gasteiger partial charge in [-0.2, -0.15) is 0 Å². The first-order valence-corrected chi connectivity index (χ1v) is 7.53. The third kappa shape index (κ3) is 4.35. The number of nitrogens with two attached hydrogens (primary N) is 1. The number of hydrogen-bond donors (Lipinski definition) is 1. The van der Waals surface area contributed by atoms with Crippen molar-refractivity contribution in [2.45, 2.75) is 26.9 Å². The SMILES string of the molecule is CCN(C)c1nc(N)c(C(=O)N(C)CCOC(C)C)s1. The van der Waals surface area contributed by atoms with E-state index in [9.17, 15) is 4.79 Å². The molecule has 114 valence electrons. The third-order valence-corrected chi connectivity index (χ3v) is 4.04. The van der Waals surface area contributed by atoms with Gasteiger partial charge in [-0.15, -0.1) is 0 Å². The van der Waals surface area contributed by atoms with E-state index in [4.69, 9.17) is 10.5 Å². The molecule has 6 nitrogen and oxygen atoms in total. The van der Waals surface area contributed by atoms with E-state index in [1.54, 1.807) is 11.9 Å². The highest BCUT2D eigenvalue weighted by molar-refractivity contribution is 7.18. The summed E-state index contributed by atoms with van der Waals surface area (Å²) in [6.45, 7) is 7.83. The molecule has 1 amide bonds. The van der Waals surface area contributed by atoms with Crippen molar-refractivity contribution in [3.05, 3.63) is 4.88 Å². The van der Waals surface area contributed by atoms with E-state index in [2.05, 4.69) is 4.98 Å². The van der Waals surface area contributed by atoms with E-state index in [0.717, 1.165) is 11.7 Å². The molecule has 0 radical (unpaired) electrons. The van der Waals surface area contributed by atoms with E-state index >= 15 is 0 Å². The molecule has 0 bridgehead atoms. The number of aromatic nitrogens is 1. The third-order valence-electron chi connectivity index (χ3n) is 2.86. The molecule has 20 heavy (non-hydrogen) atoms. The zero-order chi connectivity index (χ0) is 15.3. The molecule has 0 atom stereocenters. The minimum absolute atomic E-state index is 0.108. The summed E-state index contributed by atoms with van der Waals surface area (Å²) in [7, 11) is 3.67. The average Bonchev–Trinajstić information content (AvgIpc) is 2.78. The van der Waals surface area contributed by atoms with Crippen LogP contribution in [0.1, 0.15) is 30.4 Å². The monoisotopic (exact) mass is 300 g/mol. The molecule has 1 aromatic rings. The largest absolute Gasteiger partial charge is 0.382 e. The lowest BCUT2D eigenvalue weighted by atomic mass is 10.4. The predicted molar refractivity (Wildman–Crippen MR) is 83.5 cm³/mol. The zero-order valence-corrected chi connectivity index (χ0v) is 13.7. The van der Waals surface area contributed by atoms with Gasteiger partial charge in [0.1, 0.15) is 10.7 Å². The van der Waals surface area contributed by atoms with Crippen LogP contribution in [-0.4, -0.2) is 55.7 Å². The Morgan fingerprint density at radius 3 is 2.65 bits per heavy atom. The number of hydrogen-bond acceptors (Lipinski definition) is 6. The maximum atomic E-state index is 12.3. The molecular formula is C13H24N4O2S. The van der Waals surface area contributed by atoms with Crippen LogP contribution < -0.4 is 10.6 Å². The summed E-state index contributed by atoms with van der Waals surface area (Å²) in [5, 5.41) is 0.764. The molecule has 0 saturated carbocycles. The second kappa shape index (κ2) is 7.44. The summed E-state index contributed by atoms with van der Waals surface area (Å²) in [4.78, 5) is 20.6. The summed E-state index contributed by atoms with van der Waals surface area (Å²) in [5.41, 5.74) is 5.84. The maximum Gasteiger partial charge on any atom is 0.267 e. The van der Waals surface area contributed by atoms with Crippen molar-refractivity contribution in [1.29, 1.82) is 0 Å². The zero-order valence-electron chi connectivity index (χ0n) is 12.8. The topological polar surface area (TPSA) is 71.7 Å². The molecule has 0 aliphatic rings. The van der Waals surface area contributed by atoms with Gasteiger partial charge in [-0.1, -0.05) is 11.3 Å². The molecule has 0 aliphatic heterocycles. The Morgan fingerprint density at radius 2 is 2.10 bits per heavy atom. The number of thiazole rings is 1. The quantitative estimate of drug-likeness (QED) is 0.829. The number of amides is 1. The van der Waals surface area contributed by atoms with Gasteiger partial charge < -0.3 is 20.3 Å². The first kappa shape index (κ1) is 16.7. The van der Waals surface area contributed by atoms with E-state index in [1.807, 2.05) is 32.7 Å². The summed E-state index contributed by atoms with van der Waals surface area (Å²) in [5.74, 6) is 0.190. The van der Waals surface area contributed by atoms with Crippen LogP contribution in [0.2, 0.25) is 0 Å². The van der Waals surface area contributed by atoms with Gasteiger partial charge in [-0.05, 0) is 20.8 Å². The van der Waals surface area contributed by atoms with Gasteiger partial charge in [-0.25, -0.2) is 4.98 Å². The fraction of sp³-hybridized carbons (Fsp3) is 0.692. The molecule has 0 aliphatic carbocycles. The van der Waals surface area contributed by atoms with Crippen molar-refractivity contribution in [2.24, 2.45) is 0 Å². The number of carbonyl (C=O) groups excluding carboxylic acids is 1. The lowest BCUT2D eigenvalue weighted by Gasteiger charge is -2.17. The summed E-state index contributed by atoms with van der Waals surface area (Å²) < 4.78 is 5.44. The normalized spacial score (nSPS) is 10.9. The Hall–Kier alpha value is -1.34. The van der Waals surface area contributed by atoms with E-state index in [1.165, 1.54) is 11.3 Å². The van der Waals surface area contributed by atoms with Crippen LogP contribution in [0, 0.1) is 0 Å². The summed E-state index contributed by atoms with van der Waals surface area (Å²) in [6.07, 6.45) is 0.164. The number of anilines is 2. The number of likely N-dealkylation sites (N-methyl/N-ethyl adjacent to an activating group) is 1. The Morgan fingerprint density at radius 1 is 1.45 bits per heavy atom. The van der Waals surface area contributed by atoms with Crippen molar-refractivity contribution in [3.8, 4) is 0 Å². The van der Waals surface area contributed by atoms with Crippen LogP contribution in [0.5, 0.6) is 0 Å². The smallest absolute Gasteiger partial charge is 0.267 e. The molecule has 1 heterocycles. The number of nitrogen functional groups attached to an aromatic ring is 1. The van der Waals surface area contributed by atoms with Gasteiger partial charge in [0.25, 0.3) is 5.91 Å². The Balaban J connectivity index is 2.69. The Bertz CT molecular complexity index is 448. The molecular weight excluding hydrogens is 276 g/mol. The lowest BCUT2D eigenvalue weighted by molar-refractivity contribution is 0.0535. The van der Waals surface area contributed by atoms with E-state index in [-0.39, 0.29) is 12.0 Å². The van der Waals surface area contributed by atoms with E-state index in [0.29, 0.717) is 23.8 Å². The molecule has 0 spiro atoms. The van der Waals surface area contributed by atoms with Crippen LogP contribution in [0.3, 0.4) is 0 Å². The average molecular weight is 300 g/mol. The number of ether oxygens (including phenoxy) is 1. The van der Waals surface area contributed by atoms with Crippen LogP contribution >= 0.6 is 11.3 Å². The minimum Gasteiger partial charge on any atom is -0.382 e. The van der Waals surface area contributed by atoms with Gasteiger partial charge in [0.15, 0.2) is 5.13 Å². The second-order valence-electron chi connectivity index (χ2n) is 4.87. The highest BCUT2D eigenvalue weighted by Crippen LogP contribution is 2.28. The van der Waals surface area contributed by atoms with Gasteiger partial charge in [0.05, 0.1) is 12.7 Å². The van der Waals surface area contributed by atoms with Crippen molar-refractivity contribution in [3.63, 3.8) is 0 Å². The number of carbonyl (C=O) groups is 1. The fourth-order valence-electron chi connectivity index (χ4n) is 1.47. The standard InChI is InChI=1S/C13H24N4O2S/c1-6-16(4)13-15-11(14)10(20-13)12(18)17(5)7-8-19-9(2)3/h9H,6-8,14H2,1-5H3. The fourth-order valence-corrected chi connectivity index (χ4v) is 2.48. The van der Waals surface area contributed by atoms with Crippen LogP contribution in [0.4, 0.5) is 10.9 Å². The first-order chi connectivity index (χ1) is 9.36. The van der Waals surface area contributed by atoms with E-state index < -0.39 is 0 Å². The van der Waals surface area contributed by atoms with Gasteiger partial charge in [0, 0.05) is 27.2 Å². The van der Waals surface area contributed by atoms with Crippen LogP contribution in [-0.2, 0) is 4.74 Å². The summed E-state index contributed by atoms with van der Waals surface area (Å²) >= 11 is 1.33. The van der Waals surface area contributed by atoms with Gasteiger partial charge in [-0.3, -0.25) is 4.79 Å². The summed E-state index contributed by atoms with van der Waals surface area (Å²) in [6, 6.07) is 0. The van der Waals surface area contributed by atoms with Crippen LogP contribution in [0.15, 0.2) is 0 Å².